The Balaban J connectivity index is 1.34. The smallest absolute Gasteiger partial charge is 0.341 e. The molecule has 228 valence electrons. The minimum Gasteiger partial charge on any atom is -0.341 e. The lowest BCUT2D eigenvalue weighted by atomic mass is 9.99. The SMILES string of the molecule is CCn1c2ccc(C(=O)/C(CCSc3ccc(Cl)cc3)=N/OC(=O)c3ccccc3)cc2c2cc(C(=O)c3ccccc3)ccc21. The van der Waals surface area contributed by atoms with E-state index in [-0.39, 0.29) is 23.7 Å². The lowest BCUT2D eigenvalue weighted by Gasteiger charge is -2.08. The average Bonchev–Trinajstić information content (AvgIpc) is 3.42. The second kappa shape index (κ2) is 14.0. The Hall–Kier alpha value is -4.98. The van der Waals surface area contributed by atoms with Crippen molar-refractivity contribution in [3.8, 4) is 0 Å². The molecule has 0 aliphatic heterocycles. The van der Waals surface area contributed by atoms with Crippen LogP contribution in [0.15, 0.2) is 131 Å². The summed E-state index contributed by atoms with van der Waals surface area (Å²) >= 11 is 7.57. The molecule has 0 amide bonds. The average molecular weight is 645 g/mol. The van der Waals surface area contributed by atoms with Gasteiger partial charge in [0.25, 0.3) is 0 Å². The minimum absolute atomic E-state index is 0.0695. The maximum Gasteiger partial charge on any atom is 0.365 e. The number of thioether (sulfide) groups is 1. The molecule has 0 aliphatic carbocycles. The van der Waals surface area contributed by atoms with Crippen LogP contribution in [0.25, 0.3) is 21.8 Å². The van der Waals surface area contributed by atoms with Gasteiger partial charge in [-0.25, -0.2) is 4.79 Å². The van der Waals surface area contributed by atoms with E-state index in [4.69, 9.17) is 16.4 Å². The Morgan fingerprint density at radius 2 is 1.30 bits per heavy atom. The maximum absolute atomic E-state index is 14.0. The summed E-state index contributed by atoms with van der Waals surface area (Å²) in [6, 6.07) is 36.4. The highest BCUT2D eigenvalue weighted by molar-refractivity contribution is 7.99. The summed E-state index contributed by atoms with van der Waals surface area (Å²) in [5.41, 5.74) is 3.97. The molecule has 5 aromatic carbocycles. The second-order valence-electron chi connectivity index (χ2n) is 10.6. The molecular formula is C38H29ClN2O4S. The van der Waals surface area contributed by atoms with Crippen LogP contribution in [-0.4, -0.2) is 33.6 Å². The number of fused-ring (bicyclic) bond motifs is 3. The van der Waals surface area contributed by atoms with Crippen LogP contribution in [0, 0.1) is 0 Å². The van der Waals surface area contributed by atoms with Gasteiger partial charge in [0.1, 0.15) is 5.71 Å². The van der Waals surface area contributed by atoms with Crippen molar-refractivity contribution in [2.24, 2.45) is 5.16 Å². The molecule has 6 aromatic rings. The summed E-state index contributed by atoms with van der Waals surface area (Å²) in [4.78, 5) is 46.2. The van der Waals surface area contributed by atoms with Crippen LogP contribution in [0.3, 0.4) is 0 Å². The fourth-order valence-electron chi connectivity index (χ4n) is 5.37. The maximum atomic E-state index is 14.0. The number of hydrogen-bond acceptors (Lipinski definition) is 6. The fraction of sp³-hybridized carbons (Fsp3) is 0.105. The van der Waals surface area contributed by atoms with E-state index in [1.54, 1.807) is 60.3 Å². The molecule has 0 N–H and O–H groups in total. The van der Waals surface area contributed by atoms with Crippen molar-refractivity contribution < 1.29 is 19.2 Å². The summed E-state index contributed by atoms with van der Waals surface area (Å²) in [7, 11) is 0. The van der Waals surface area contributed by atoms with Gasteiger partial charge in [-0.15, -0.1) is 11.8 Å². The first-order chi connectivity index (χ1) is 22.4. The highest BCUT2D eigenvalue weighted by Gasteiger charge is 2.20. The summed E-state index contributed by atoms with van der Waals surface area (Å²) in [6.07, 6.45) is 0.263. The van der Waals surface area contributed by atoms with E-state index in [1.807, 2.05) is 72.8 Å². The van der Waals surface area contributed by atoms with Crippen LogP contribution >= 0.6 is 23.4 Å². The Morgan fingerprint density at radius 1 is 0.717 bits per heavy atom. The Labute approximate surface area is 275 Å². The quantitative estimate of drug-likeness (QED) is 0.0462. The van der Waals surface area contributed by atoms with Gasteiger partial charge < -0.3 is 9.40 Å². The highest BCUT2D eigenvalue weighted by atomic mass is 35.5. The van der Waals surface area contributed by atoms with E-state index in [9.17, 15) is 14.4 Å². The van der Waals surface area contributed by atoms with Crippen molar-refractivity contribution in [3.05, 3.63) is 149 Å². The largest absolute Gasteiger partial charge is 0.365 e. The van der Waals surface area contributed by atoms with Crippen molar-refractivity contribution in [1.29, 1.82) is 0 Å². The first-order valence-electron chi connectivity index (χ1n) is 14.8. The normalized spacial score (nSPS) is 11.6. The molecule has 0 spiro atoms. The zero-order valence-electron chi connectivity index (χ0n) is 25.0. The molecule has 0 fully saturated rings. The van der Waals surface area contributed by atoms with Gasteiger partial charge in [-0.2, -0.15) is 0 Å². The molecule has 0 atom stereocenters. The Kier molecular flexibility index (Phi) is 9.43. The fourth-order valence-corrected chi connectivity index (χ4v) is 6.36. The van der Waals surface area contributed by atoms with Gasteiger partial charge in [-0.3, -0.25) is 9.59 Å². The third-order valence-corrected chi connectivity index (χ3v) is 8.94. The van der Waals surface area contributed by atoms with Gasteiger partial charge in [0, 0.05) is 67.1 Å². The van der Waals surface area contributed by atoms with Gasteiger partial charge in [-0.1, -0.05) is 65.3 Å². The number of benzene rings is 5. The van der Waals surface area contributed by atoms with Gasteiger partial charge in [0.15, 0.2) is 5.78 Å². The Bertz CT molecular complexity index is 2090. The van der Waals surface area contributed by atoms with Crippen molar-refractivity contribution in [2.45, 2.75) is 24.8 Å². The van der Waals surface area contributed by atoms with Crippen molar-refractivity contribution in [1.82, 2.24) is 4.57 Å². The lowest BCUT2D eigenvalue weighted by molar-refractivity contribution is 0.0514. The number of carbonyl (C=O) groups excluding carboxylic acids is 3. The van der Waals surface area contributed by atoms with E-state index in [0.29, 0.717) is 39.6 Å². The number of carbonyl (C=O) groups is 3. The molecule has 0 saturated heterocycles. The van der Waals surface area contributed by atoms with Gasteiger partial charge >= 0.3 is 5.97 Å². The number of rotatable bonds is 11. The van der Waals surface area contributed by atoms with Gasteiger partial charge in [-0.05, 0) is 79.7 Å². The number of halogens is 1. The summed E-state index contributed by atoms with van der Waals surface area (Å²) in [6.45, 7) is 2.77. The van der Waals surface area contributed by atoms with Crippen LogP contribution in [0.4, 0.5) is 0 Å². The molecular weight excluding hydrogens is 616 g/mol. The van der Waals surface area contributed by atoms with Crippen LogP contribution in [0.1, 0.15) is 50.0 Å². The summed E-state index contributed by atoms with van der Waals surface area (Å²) in [5, 5.41) is 6.46. The number of hydrogen-bond donors (Lipinski definition) is 0. The molecule has 0 radical (unpaired) electrons. The molecule has 8 heteroatoms. The lowest BCUT2D eigenvalue weighted by Crippen LogP contribution is -2.17. The molecule has 1 aromatic heterocycles. The summed E-state index contributed by atoms with van der Waals surface area (Å²) < 4.78 is 2.16. The first kappa shape index (κ1) is 31.0. The molecule has 46 heavy (non-hydrogen) atoms. The number of ketones is 2. The zero-order valence-corrected chi connectivity index (χ0v) is 26.6. The van der Waals surface area contributed by atoms with E-state index in [1.165, 1.54) is 0 Å². The second-order valence-corrected chi connectivity index (χ2v) is 12.2. The number of oxime groups is 1. The molecule has 0 unspecified atom stereocenters. The van der Waals surface area contributed by atoms with Crippen molar-refractivity contribution >= 4 is 68.4 Å². The van der Waals surface area contributed by atoms with Crippen molar-refractivity contribution in [2.75, 3.05) is 5.75 Å². The van der Waals surface area contributed by atoms with E-state index < -0.39 is 5.97 Å². The van der Waals surface area contributed by atoms with Crippen LogP contribution < -0.4 is 0 Å². The predicted octanol–water partition coefficient (Wildman–Crippen LogP) is 9.28. The summed E-state index contributed by atoms with van der Waals surface area (Å²) in [5.74, 6) is -0.529. The monoisotopic (exact) mass is 644 g/mol. The highest BCUT2D eigenvalue weighted by Crippen LogP contribution is 2.32. The van der Waals surface area contributed by atoms with E-state index in [0.717, 1.165) is 26.7 Å². The van der Waals surface area contributed by atoms with Crippen LogP contribution in [0.5, 0.6) is 0 Å². The third-order valence-electron chi connectivity index (χ3n) is 7.67. The topological polar surface area (TPSA) is 77.7 Å². The molecule has 1 heterocycles. The first-order valence-corrected chi connectivity index (χ1v) is 16.2. The zero-order chi connectivity index (χ0) is 32.0. The number of Topliss-reactive ketones (excluding diaryl/α,β-unsaturated/α-hetero) is 1. The van der Waals surface area contributed by atoms with Crippen LogP contribution in [-0.2, 0) is 11.4 Å². The molecule has 0 aliphatic rings. The Morgan fingerprint density at radius 3 is 1.93 bits per heavy atom. The van der Waals surface area contributed by atoms with E-state index in [2.05, 4.69) is 16.6 Å². The van der Waals surface area contributed by atoms with Gasteiger partial charge in [0.2, 0.25) is 5.78 Å². The predicted molar refractivity (Wildman–Crippen MR) is 185 cm³/mol. The van der Waals surface area contributed by atoms with Crippen molar-refractivity contribution in [3.63, 3.8) is 0 Å². The minimum atomic E-state index is -0.645. The molecule has 0 saturated carbocycles. The number of nitrogens with zero attached hydrogens (tertiary/aromatic N) is 2. The van der Waals surface area contributed by atoms with Crippen LogP contribution in [0.2, 0.25) is 5.02 Å². The molecule has 6 nitrogen and oxygen atoms in total. The third kappa shape index (κ3) is 6.66. The standard InChI is InChI=1S/C38H29ClN2O4S/c1-2-41-34-19-13-27(36(42)25-9-5-3-6-10-25)23-31(34)32-24-28(14-20-35(32)41)37(43)33(21-22-46-30-17-15-29(39)16-18-30)40-45-38(44)26-11-7-4-8-12-26/h3-20,23-24H,2,21-22H2,1H3/b40-33+. The number of aryl methyl sites for hydroxylation is 1. The molecule has 6 rings (SSSR count). The number of aromatic nitrogens is 1. The van der Waals surface area contributed by atoms with E-state index >= 15 is 0 Å². The van der Waals surface area contributed by atoms with Gasteiger partial charge in [0.05, 0.1) is 5.56 Å². The molecule has 0 bridgehead atoms.